The van der Waals surface area contributed by atoms with Crippen molar-refractivity contribution in [2.45, 2.75) is 24.3 Å². The number of nitrogen functional groups attached to an aromatic ring is 1. The molecule has 1 aromatic rings. The van der Waals surface area contributed by atoms with E-state index in [9.17, 15) is 17.0 Å². The topological polar surface area (TPSA) is 89.3 Å². The summed E-state index contributed by atoms with van der Waals surface area (Å²) in [5.74, 6) is -0.476. The zero-order chi connectivity index (χ0) is 14.6. The second-order valence-electron chi connectivity index (χ2n) is 4.28. The van der Waals surface area contributed by atoms with Gasteiger partial charge in [-0.25, -0.2) is 17.5 Å². The molecule has 0 amide bonds. The molecule has 2 atom stereocenters. The van der Waals surface area contributed by atoms with Gasteiger partial charge in [-0.15, -0.1) is 0 Å². The summed E-state index contributed by atoms with van der Waals surface area (Å²) in [6, 6.07) is 2.94. The summed E-state index contributed by atoms with van der Waals surface area (Å²) in [6.45, 7) is 1.63. The molecule has 108 valence electrons. The second-order valence-corrected chi connectivity index (χ2v) is 7.52. The molecule has 0 aliphatic heterocycles. The molecule has 0 bridgehead atoms. The van der Waals surface area contributed by atoms with Crippen molar-refractivity contribution in [1.82, 2.24) is 4.72 Å². The number of sulfonamides is 1. The van der Waals surface area contributed by atoms with Gasteiger partial charge in [-0.2, -0.15) is 0 Å². The van der Waals surface area contributed by atoms with E-state index in [1.54, 1.807) is 13.2 Å². The van der Waals surface area contributed by atoms with Crippen molar-refractivity contribution in [3.63, 3.8) is 0 Å². The summed E-state index contributed by atoms with van der Waals surface area (Å²) in [6.07, 6.45) is 1.95. The van der Waals surface area contributed by atoms with Crippen molar-refractivity contribution < 1.29 is 17.0 Å². The quantitative estimate of drug-likeness (QED) is 0.762. The molecule has 8 heteroatoms. The van der Waals surface area contributed by atoms with Gasteiger partial charge < -0.3 is 5.73 Å². The average molecular weight is 308 g/mol. The van der Waals surface area contributed by atoms with Crippen molar-refractivity contribution in [2.24, 2.45) is 0 Å². The third kappa shape index (κ3) is 4.88. The molecule has 0 aromatic heterocycles. The summed E-state index contributed by atoms with van der Waals surface area (Å²) in [4.78, 5) is -0.475. The highest BCUT2D eigenvalue weighted by Crippen LogP contribution is 2.18. The van der Waals surface area contributed by atoms with Crippen LogP contribution in [0.4, 0.5) is 10.1 Å². The predicted octanol–water partition coefficient (Wildman–Crippen LogP) is 0.843. The number of nitrogens with two attached hydrogens (primary N) is 1. The van der Waals surface area contributed by atoms with Crippen LogP contribution in [0.1, 0.15) is 13.3 Å². The van der Waals surface area contributed by atoms with E-state index in [0.29, 0.717) is 12.2 Å². The zero-order valence-corrected chi connectivity index (χ0v) is 12.4. The Morgan fingerprint density at radius 2 is 2.11 bits per heavy atom. The van der Waals surface area contributed by atoms with Crippen LogP contribution < -0.4 is 10.5 Å². The minimum atomic E-state index is -3.96. The third-order valence-corrected chi connectivity index (χ3v) is 4.85. The third-order valence-electron chi connectivity index (χ3n) is 2.44. The van der Waals surface area contributed by atoms with Crippen molar-refractivity contribution in [2.75, 3.05) is 17.7 Å². The van der Waals surface area contributed by atoms with E-state index in [4.69, 9.17) is 5.73 Å². The Morgan fingerprint density at radius 1 is 1.47 bits per heavy atom. The number of anilines is 1. The number of halogens is 1. The summed E-state index contributed by atoms with van der Waals surface area (Å²) in [5.41, 5.74) is 5.62. The molecule has 0 saturated heterocycles. The van der Waals surface area contributed by atoms with Gasteiger partial charge in [0.15, 0.2) is 0 Å². The van der Waals surface area contributed by atoms with Gasteiger partial charge >= 0.3 is 0 Å². The molecule has 1 aromatic carbocycles. The van der Waals surface area contributed by atoms with Gasteiger partial charge in [0, 0.05) is 34.5 Å². The first kappa shape index (κ1) is 16.1. The molecule has 0 aliphatic carbocycles. The molecule has 0 fully saturated rings. The fourth-order valence-electron chi connectivity index (χ4n) is 1.46. The van der Waals surface area contributed by atoms with Crippen LogP contribution >= 0.6 is 0 Å². The fourth-order valence-corrected chi connectivity index (χ4v) is 3.53. The van der Waals surface area contributed by atoms with Gasteiger partial charge in [0.2, 0.25) is 10.0 Å². The Hall–Kier alpha value is -0.990. The lowest BCUT2D eigenvalue weighted by Crippen LogP contribution is -2.34. The van der Waals surface area contributed by atoms with E-state index in [0.717, 1.165) is 12.1 Å². The summed E-state index contributed by atoms with van der Waals surface area (Å²) < 4.78 is 50.7. The Kier molecular flexibility index (Phi) is 5.45. The highest BCUT2D eigenvalue weighted by atomic mass is 32.2. The molecule has 2 unspecified atom stereocenters. The minimum Gasteiger partial charge on any atom is -0.399 e. The maximum Gasteiger partial charge on any atom is 0.243 e. The molecule has 0 radical (unpaired) electrons. The molecule has 5 nitrogen and oxygen atoms in total. The lowest BCUT2D eigenvalue weighted by molar-refractivity contribution is 0.539. The lowest BCUT2D eigenvalue weighted by atomic mass is 10.3. The van der Waals surface area contributed by atoms with E-state index in [1.807, 2.05) is 0 Å². The molecule has 0 saturated carbocycles. The first-order valence-electron chi connectivity index (χ1n) is 5.60. The predicted molar refractivity (Wildman–Crippen MR) is 74.1 cm³/mol. The van der Waals surface area contributed by atoms with Crippen LogP contribution in [0.2, 0.25) is 0 Å². The minimum absolute atomic E-state index is 0.170. The summed E-state index contributed by atoms with van der Waals surface area (Å²) >= 11 is 0. The van der Waals surface area contributed by atoms with Crippen LogP contribution in [-0.2, 0) is 20.8 Å². The van der Waals surface area contributed by atoms with E-state index in [-0.39, 0.29) is 5.69 Å². The van der Waals surface area contributed by atoms with Gasteiger partial charge in [0.05, 0.1) is 0 Å². The number of nitrogens with one attached hydrogen (secondary N) is 1. The molecule has 1 rings (SSSR count). The van der Waals surface area contributed by atoms with Crippen LogP contribution in [0.25, 0.3) is 0 Å². The lowest BCUT2D eigenvalue weighted by Gasteiger charge is -2.14. The SMILES string of the molecule is CC(CCS(C)=O)NS(=O)(=O)c1cc(N)ccc1F. The van der Waals surface area contributed by atoms with Gasteiger partial charge in [0.1, 0.15) is 10.7 Å². The van der Waals surface area contributed by atoms with Gasteiger partial charge in [-0.1, -0.05) is 0 Å². The summed E-state index contributed by atoms with van der Waals surface area (Å²) in [5, 5.41) is 0. The smallest absolute Gasteiger partial charge is 0.243 e. The number of benzene rings is 1. The Labute approximate surface area is 114 Å². The van der Waals surface area contributed by atoms with E-state index < -0.39 is 37.6 Å². The number of hydrogen-bond donors (Lipinski definition) is 2. The standard InChI is InChI=1S/C11H17FN2O3S2/c1-8(5-6-18(2)15)14-19(16,17)11-7-9(13)3-4-10(11)12/h3-4,7-8,14H,5-6,13H2,1-2H3. The fraction of sp³-hybridized carbons (Fsp3) is 0.455. The van der Waals surface area contributed by atoms with Crippen LogP contribution in [0.5, 0.6) is 0 Å². The average Bonchev–Trinajstić information content (AvgIpc) is 2.29. The molecule has 3 N–H and O–H groups in total. The van der Waals surface area contributed by atoms with Crippen molar-refractivity contribution in [3.05, 3.63) is 24.0 Å². The molecule has 0 spiro atoms. The van der Waals surface area contributed by atoms with Gasteiger partial charge in [-0.05, 0) is 31.5 Å². The number of rotatable bonds is 6. The molecular weight excluding hydrogens is 291 g/mol. The zero-order valence-electron chi connectivity index (χ0n) is 10.7. The van der Waals surface area contributed by atoms with Crippen molar-refractivity contribution >= 4 is 26.5 Å². The molecule has 0 aliphatic rings. The van der Waals surface area contributed by atoms with Crippen LogP contribution in [0.3, 0.4) is 0 Å². The maximum absolute atomic E-state index is 13.5. The second kappa shape index (κ2) is 6.44. The van der Waals surface area contributed by atoms with Crippen LogP contribution in [0, 0.1) is 5.82 Å². The number of hydrogen-bond acceptors (Lipinski definition) is 4. The van der Waals surface area contributed by atoms with Crippen molar-refractivity contribution in [3.8, 4) is 0 Å². The molecule has 19 heavy (non-hydrogen) atoms. The van der Waals surface area contributed by atoms with Gasteiger partial charge in [0.25, 0.3) is 0 Å². The first-order chi connectivity index (χ1) is 8.72. The summed E-state index contributed by atoms with van der Waals surface area (Å²) in [7, 11) is -4.96. The Bertz CT molecular complexity index is 575. The van der Waals surface area contributed by atoms with E-state index >= 15 is 0 Å². The largest absolute Gasteiger partial charge is 0.399 e. The van der Waals surface area contributed by atoms with Gasteiger partial charge in [-0.3, -0.25) is 4.21 Å². The normalized spacial score (nSPS) is 15.1. The Balaban J connectivity index is 2.86. The van der Waals surface area contributed by atoms with Crippen LogP contribution in [0.15, 0.2) is 23.1 Å². The highest BCUT2D eigenvalue weighted by Gasteiger charge is 2.21. The van der Waals surface area contributed by atoms with Crippen molar-refractivity contribution in [1.29, 1.82) is 0 Å². The Morgan fingerprint density at radius 3 is 2.68 bits per heavy atom. The van der Waals surface area contributed by atoms with Crippen LogP contribution in [-0.4, -0.2) is 30.7 Å². The monoisotopic (exact) mass is 308 g/mol. The van der Waals surface area contributed by atoms with E-state index in [1.165, 1.54) is 6.07 Å². The molecular formula is C11H17FN2O3S2. The maximum atomic E-state index is 13.5. The highest BCUT2D eigenvalue weighted by molar-refractivity contribution is 7.89. The molecule has 0 heterocycles. The van der Waals surface area contributed by atoms with E-state index in [2.05, 4.69) is 4.72 Å². The first-order valence-corrected chi connectivity index (χ1v) is 8.81.